The Morgan fingerprint density at radius 1 is 0.720 bits per heavy atom. The van der Waals surface area contributed by atoms with Crippen molar-refractivity contribution in [3.05, 3.63) is 78.4 Å². The molecular weight excluding hydrogens is 325 g/mol. The molecule has 0 saturated heterocycles. The minimum Gasteiger partial charge on any atom is -0.338 e. The van der Waals surface area contributed by atoms with E-state index in [4.69, 9.17) is 0 Å². The van der Waals surface area contributed by atoms with Gasteiger partial charge < -0.3 is 4.98 Å². The van der Waals surface area contributed by atoms with Gasteiger partial charge in [-0.1, -0.05) is 48.5 Å². The van der Waals surface area contributed by atoms with Gasteiger partial charge in [0.15, 0.2) is 0 Å². The van der Waals surface area contributed by atoms with Gasteiger partial charge in [-0.25, -0.2) is 4.98 Å². The van der Waals surface area contributed by atoms with Crippen LogP contribution in [-0.2, 0) is 6.18 Å². The Labute approximate surface area is 142 Å². The molecule has 3 aromatic carbocycles. The largest absolute Gasteiger partial charge is 0.416 e. The van der Waals surface area contributed by atoms with E-state index in [1.165, 1.54) is 6.07 Å². The van der Waals surface area contributed by atoms with Crippen LogP contribution in [0.4, 0.5) is 13.2 Å². The highest BCUT2D eigenvalue weighted by Crippen LogP contribution is 2.32. The van der Waals surface area contributed by atoms with Gasteiger partial charge in [-0.3, -0.25) is 0 Å². The summed E-state index contributed by atoms with van der Waals surface area (Å²) < 4.78 is 38.6. The van der Waals surface area contributed by atoms with Crippen LogP contribution < -0.4 is 0 Å². The summed E-state index contributed by atoms with van der Waals surface area (Å²) in [6.45, 7) is 0. The van der Waals surface area contributed by atoms with Crippen LogP contribution in [-0.4, -0.2) is 9.97 Å². The molecule has 25 heavy (non-hydrogen) atoms. The average Bonchev–Trinajstić information content (AvgIpc) is 3.05. The summed E-state index contributed by atoms with van der Waals surface area (Å²) in [4.78, 5) is 7.77. The van der Waals surface area contributed by atoms with E-state index in [0.717, 1.165) is 40.1 Å². The van der Waals surface area contributed by atoms with Crippen LogP contribution in [0.15, 0.2) is 72.8 Å². The number of benzene rings is 3. The predicted octanol–water partition coefficient (Wildman–Crippen LogP) is 5.92. The van der Waals surface area contributed by atoms with Crippen LogP contribution in [0.5, 0.6) is 0 Å². The van der Waals surface area contributed by atoms with Gasteiger partial charge in [0, 0.05) is 5.56 Å². The summed E-state index contributed by atoms with van der Waals surface area (Å²) in [7, 11) is 0. The number of imidazole rings is 1. The number of para-hydroxylation sites is 2. The van der Waals surface area contributed by atoms with E-state index in [2.05, 4.69) is 9.97 Å². The monoisotopic (exact) mass is 338 g/mol. The van der Waals surface area contributed by atoms with E-state index >= 15 is 0 Å². The fraction of sp³-hybridized carbons (Fsp3) is 0.0500. The van der Waals surface area contributed by atoms with Gasteiger partial charge in [0.05, 0.1) is 16.6 Å². The van der Waals surface area contributed by atoms with Gasteiger partial charge in [0.2, 0.25) is 0 Å². The standard InChI is InChI=1S/C20H13F3N2/c21-20(22,23)16-5-3-4-15(12-16)13-8-10-14(11-9-13)19-24-17-6-1-2-7-18(17)25-19/h1-12H,(H,24,25). The van der Waals surface area contributed by atoms with Crippen LogP contribution >= 0.6 is 0 Å². The molecule has 0 saturated carbocycles. The number of alkyl halides is 3. The van der Waals surface area contributed by atoms with Crippen LogP contribution in [0, 0.1) is 0 Å². The van der Waals surface area contributed by atoms with Gasteiger partial charge in [-0.05, 0) is 35.4 Å². The Balaban J connectivity index is 1.68. The van der Waals surface area contributed by atoms with Gasteiger partial charge in [-0.15, -0.1) is 0 Å². The first-order valence-electron chi connectivity index (χ1n) is 7.73. The smallest absolute Gasteiger partial charge is 0.338 e. The number of hydrogen-bond acceptors (Lipinski definition) is 1. The summed E-state index contributed by atoms with van der Waals surface area (Å²) in [5, 5.41) is 0. The van der Waals surface area contributed by atoms with Crippen molar-refractivity contribution in [2.45, 2.75) is 6.18 Å². The Bertz CT molecular complexity index is 998. The van der Waals surface area contributed by atoms with E-state index in [-0.39, 0.29) is 0 Å². The van der Waals surface area contributed by atoms with Gasteiger partial charge >= 0.3 is 6.18 Å². The number of aromatic nitrogens is 2. The lowest BCUT2D eigenvalue weighted by Gasteiger charge is -2.09. The van der Waals surface area contributed by atoms with Crippen molar-refractivity contribution in [2.24, 2.45) is 0 Å². The fourth-order valence-corrected chi connectivity index (χ4v) is 2.79. The first kappa shape index (κ1) is 15.4. The summed E-state index contributed by atoms with van der Waals surface area (Å²) >= 11 is 0. The van der Waals surface area contributed by atoms with Crippen molar-refractivity contribution in [3.63, 3.8) is 0 Å². The molecule has 4 rings (SSSR count). The number of halogens is 3. The van der Waals surface area contributed by atoms with E-state index in [1.807, 2.05) is 36.4 Å². The zero-order chi connectivity index (χ0) is 17.4. The second-order valence-electron chi connectivity index (χ2n) is 5.76. The van der Waals surface area contributed by atoms with Gasteiger partial charge in [0.1, 0.15) is 5.82 Å². The Kier molecular flexibility index (Phi) is 3.57. The molecular formula is C20H13F3N2. The molecule has 0 radical (unpaired) electrons. The van der Waals surface area contributed by atoms with Crippen molar-refractivity contribution in [2.75, 3.05) is 0 Å². The zero-order valence-electron chi connectivity index (χ0n) is 13.0. The van der Waals surface area contributed by atoms with Crippen LogP contribution in [0.2, 0.25) is 0 Å². The second kappa shape index (κ2) is 5.77. The van der Waals surface area contributed by atoms with E-state index in [0.29, 0.717) is 5.56 Å². The molecule has 0 amide bonds. The molecule has 0 atom stereocenters. The summed E-state index contributed by atoms with van der Waals surface area (Å²) in [6, 6.07) is 20.4. The lowest BCUT2D eigenvalue weighted by molar-refractivity contribution is -0.137. The molecule has 1 heterocycles. The van der Waals surface area contributed by atoms with Crippen molar-refractivity contribution in [1.82, 2.24) is 9.97 Å². The van der Waals surface area contributed by atoms with E-state index in [9.17, 15) is 13.2 Å². The number of nitrogens with one attached hydrogen (secondary N) is 1. The van der Waals surface area contributed by atoms with Crippen molar-refractivity contribution < 1.29 is 13.2 Å². The van der Waals surface area contributed by atoms with Gasteiger partial charge in [-0.2, -0.15) is 13.2 Å². The normalized spacial score (nSPS) is 11.8. The molecule has 1 aromatic heterocycles. The predicted molar refractivity (Wildman–Crippen MR) is 92.0 cm³/mol. The molecule has 0 spiro atoms. The average molecular weight is 338 g/mol. The zero-order valence-corrected chi connectivity index (χ0v) is 13.0. The third-order valence-corrected chi connectivity index (χ3v) is 4.07. The highest BCUT2D eigenvalue weighted by atomic mass is 19.4. The molecule has 4 aromatic rings. The maximum atomic E-state index is 12.9. The number of hydrogen-bond donors (Lipinski definition) is 1. The molecule has 124 valence electrons. The Hall–Kier alpha value is -3.08. The number of nitrogens with zero attached hydrogens (tertiary/aromatic N) is 1. The molecule has 0 aliphatic carbocycles. The Morgan fingerprint density at radius 3 is 2.16 bits per heavy atom. The first-order valence-corrected chi connectivity index (χ1v) is 7.73. The van der Waals surface area contributed by atoms with Crippen LogP contribution in [0.25, 0.3) is 33.5 Å². The molecule has 2 nitrogen and oxygen atoms in total. The lowest BCUT2D eigenvalue weighted by atomic mass is 10.0. The molecule has 0 aliphatic rings. The summed E-state index contributed by atoms with van der Waals surface area (Å²) in [5.74, 6) is 0.733. The molecule has 1 N–H and O–H groups in total. The highest BCUT2D eigenvalue weighted by Gasteiger charge is 2.30. The van der Waals surface area contributed by atoms with Crippen LogP contribution in [0.3, 0.4) is 0 Å². The molecule has 0 bridgehead atoms. The van der Waals surface area contributed by atoms with E-state index in [1.54, 1.807) is 18.2 Å². The topological polar surface area (TPSA) is 28.7 Å². The molecule has 5 heteroatoms. The van der Waals surface area contributed by atoms with Crippen molar-refractivity contribution >= 4 is 11.0 Å². The number of H-pyrrole nitrogens is 1. The minimum absolute atomic E-state index is 0.533. The Morgan fingerprint density at radius 2 is 1.44 bits per heavy atom. The molecule has 0 aliphatic heterocycles. The maximum absolute atomic E-state index is 12.9. The molecule has 0 unspecified atom stereocenters. The fourth-order valence-electron chi connectivity index (χ4n) is 2.79. The maximum Gasteiger partial charge on any atom is 0.416 e. The number of aromatic amines is 1. The van der Waals surface area contributed by atoms with Crippen molar-refractivity contribution in [1.29, 1.82) is 0 Å². The van der Waals surface area contributed by atoms with E-state index < -0.39 is 11.7 Å². The SMILES string of the molecule is FC(F)(F)c1cccc(-c2ccc(-c3nc4ccccc4[nH]3)cc2)c1. The highest BCUT2D eigenvalue weighted by molar-refractivity contribution is 5.79. The number of fused-ring (bicyclic) bond motifs is 1. The summed E-state index contributed by atoms with van der Waals surface area (Å²) in [5.41, 5.74) is 3.31. The quantitative estimate of drug-likeness (QED) is 0.483. The van der Waals surface area contributed by atoms with Crippen LogP contribution in [0.1, 0.15) is 5.56 Å². The lowest BCUT2D eigenvalue weighted by Crippen LogP contribution is -2.04. The minimum atomic E-state index is -4.34. The van der Waals surface area contributed by atoms with Gasteiger partial charge in [0.25, 0.3) is 0 Å². The third kappa shape index (κ3) is 3.01. The second-order valence-corrected chi connectivity index (χ2v) is 5.76. The number of rotatable bonds is 2. The third-order valence-electron chi connectivity index (χ3n) is 4.07. The van der Waals surface area contributed by atoms with Crippen molar-refractivity contribution in [3.8, 4) is 22.5 Å². The molecule has 0 fully saturated rings. The summed E-state index contributed by atoms with van der Waals surface area (Å²) in [6.07, 6.45) is -4.34. The first-order chi connectivity index (χ1) is 12.0.